The Morgan fingerprint density at radius 3 is 2.42 bits per heavy atom. The highest BCUT2D eigenvalue weighted by Crippen LogP contribution is 2.34. The van der Waals surface area contributed by atoms with E-state index in [1.165, 1.54) is 11.3 Å². The van der Waals surface area contributed by atoms with Crippen LogP contribution < -0.4 is 14.4 Å². The van der Waals surface area contributed by atoms with Crippen molar-refractivity contribution in [2.45, 2.75) is 20.4 Å². The van der Waals surface area contributed by atoms with E-state index in [1.807, 2.05) is 31.2 Å². The summed E-state index contributed by atoms with van der Waals surface area (Å²) in [6, 6.07) is 15.0. The van der Waals surface area contributed by atoms with Gasteiger partial charge in [-0.2, -0.15) is 0 Å². The summed E-state index contributed by atoms with van der Waals surface area (Å²) in [7, 11) is 3.13. The lowest BCUT2D eigenvalue weighted by Crippen LogP contribution is -2.30. The van der Waals surface area contributed by atoms with Gasteiger partial charge in [-0.05, 0) is 55.3 Å². The van der Waals surface area contributed by atoms with Gasteiger partial charge in [0.1, 0.15) is 11.5 Å². The van der Waals surface area contributed by atoms with E-state index in [4.69, 9.17) is 14.5 Å². The first kappa shape index (κ1) is 20.8. The number of hydrogen-bond donors (Lipinski definition) is 0. The molecule has 0 saturated carbocycles. The number of benzene rings is 2. The van der Waals surface area contributed by atoms with Gasteiger partial charge < -0.3 is 9.47 Å². The Balaban J connectivity index is 1.82. The summed E-state index contributed by atoms with van der Waals surface area (Å²) in [4.78, 5) is 24.5. The molecule has 0 spiro atoms. The Hall–Kier alpha value is -3.45. The molecule has 0 aliphatic heterocycles. The number of nitrogens with zero attached hydrogens (tertiary/aromatic N) is 3. The second-order valence-electron chi connectivity index (χ2n) is 7.24. The summed E-state index contributed by atoms with van der Waals surface area (Å²) in [5.41, 5.74) is 4.41. The van der Waals surface area contributed by atoms with Gasteiger partial charge >= 0.3 is 0 Å². The maximum Gasteiger partial charge on any atom is 0.260 e. The number of carbonyl (C=O) groups is 1. The Bertz CT molecular complexity index is 1220. The summed E-state index contributed by atoms with van der Waals surface area (Å²) in [6.45, 7) is 4.41. The smallest absolute Gasteiger partial charge is 0.260 e. The molecule has 31 heavy (non-hydrogen) atoms. The van der Waals surface area contributed by atoms with Crippen molar-refractivity contribution in [2.24, 2.45) is 0 Å². The molecule has 6 nitrogen and oxygen atoms in total. The molecule has 0 N–H and O–H groups in total. The van der Waals surface area contributed by atoms with Crippen LogP contribution in [0, 0.1) is 13.8 Å². The Kier molecular flexibility index (Phi) is 5.86. The molecule has 0 bridgehead atoms. The number of ether oxygens (including phenoxy) is 2. The van der Waals surface area contributed by atoms with E-state index in [1.54, 1.807) is 43.5 Å². The van der Waals surface area contributed by atoms with Gasteiger partial charge in [-0.25, -0.2) is 4.98 Å². The molecule has 2 heterocycles. The van der Waals surface area contributed by atoms with Crippen LogP contribution >= 0.6 is 11.3 Å². The monoisotopic (exact) mass is 433 g/mol. The zero-order valence-electron chi connectivity index (χ0n) is 17.9. The molecular weight excluding hydrogens is 410 g/mol. The van der Waals surface area contributed by atoms with Crippen molar-refractivity contribution in [3.05, 3.63) is 77.1 Å². The third-order valence-electron chi connectivity index (χ3n) is 4.93. The average molecular weight is 434 g/mol. The third kappa shape index (κ3) is 4.36. The molecule has 0 radical (unpaired) electrons. The predicted octanol–water partition coefficient (Wildman–Crippen LogP) is 5.17. The van der Waals surface area contributed by atoms with Crippen molar-refractivity contribution in [1.82, 2.24) is 9.97 Å². The maximum absolute atomic E-state index is 13.7. The van der Waals surface area contributed by atoms with Gasteiger partial charge in [0.2, 0.25) is 0 Å². The van der Waals surface area contributed by atoms with Gasteiger partial charge in [0, 0.05) is 17.8 Å². The quantitative estimate of drug-likeness (QED) is 0.420. The number of pyridine rings is 1. The molecule has 2 aromatic heterocycles. The fraction of sp³-hybridized carbons (Fsp3) is 0.208. The SMILES string of the molecule is COc1cc(OC)cc(C(=O)N(Cc2ccccn2)c2nc3cc(C)cc(C)c3s2)c1. The minimum Gasteiger partial charge on any atom is -0.497 e. The van der Waals surface area contributed by atoms with Crippen molar-refractivity contribution < 1.29 is 14.3 Å². The zero-order valence-corrected chi connectivity index (χ0v) is 18.7. The number of amides is 1. The topological polar surface area (TPSA) is 64.6 Å². The van der Waals surface area contributed by atoms with E-state index in [2.05, 4.69) is 18.0 Å². The number of thiazole rings is 1. The molecule has 0 aliphatic rings. The number of hydrogen-bond acceptors (Lipinski definition) is 6. The number of rotatable bonds is 6. The van der Waals surface area contributed by atoms with E-state index < -0.39 is 0 Å². The largest absolute Gasteiger partial charge is 0.497 e. The fourth-order valence-electron chi connectivity index (χ4n) is 3.45. The normalized spacial score (nSPS) is 10.8. The molecule has 4 rings (SSSR count). The van der Waals surface area contributed by atoms with Crippen molar-refractivity contribution in [3.63, 3.8) is 0 Å². The van der Waals surface area contributed by atoms with E-state index in [-0.39, 0.29) is 5.91 Å². The van der Waals surface area contributed by atoms with Crippen LogP contribution in [-0.2, 0) is 6.54 Å². The summed E-state index contributed by atoms with van der Waals surface area (Å²) < 4.78 is 11.8. The molecule has 158 valence electrons. The number of aryl methyl sites for hydroxylation is 2. The summed E-state index contributed by atoms with van der Waals surface area (Å²) in [5, 5.41) is 0.626. The van der Waals surface area contributed by atoms with Crippen LogP contribution in [0.4, 0.5) is 5.13 Å². The molecule has 0 unspecified atom stereocenters. The Morgan fingerprint density at radius 2 is 1.77 bits per heavy atom. The van der Waals surface area contributed by atoms with Crippen LogP contribution in [0.1, 0.15) is 27.2 Å². The van der Waals surface area contributed by atoms with Gasteiger partial charge in [-0.3, -0.25) is 14.7 Å². The van der Waals surface area contributed by atoms with Crippen molar-refractivity contribution in [1.29, 1.82) is 0 Å². The molecule has 0 saturated heterocycles. The molecule has 2 aromatic carbocycles. The number of aromatic nitrogens is 2. The van der Waals surface area contributed by atoms with Gasteiger partial charge in [0.15, 0.2) is 5.13 Å². The van der Waals surface area contributed by atoms with Crippen molar-refractivity contribution in [2.75, 3.05) is 19.1 Å². The van der Waals surface area contributed by atoms with Crippen LogP contribution in [-0.4, -0.2) is 30.1 Å². The van der Waals surface area contributed by atoms with Gasteiger partial charge in [-0.1, -0.05) is 23.5 Å². The van der Waals surface area contributed by atoms with Crippen LogP contribution in [0.2, 0.25) is 0 Å². The van der Waals surface area contributed by atoms with E-state index in [0.29, 0.717) is 28.7 Å². The highest BCUT2D eigenvalue weighted by Gasteiger charge is 2.24. The summed E-state index contributed by atoms with van der Waals surface area (Å²) in [5.74, 6) is 0.906. The lowest BCUT2D eigenvalue weighted by molar-refractivity contribution is 0.0984. The molecule has 4 aromatic rings. The van der Waals surface area contributed by atoms with E-state index in [9.17, 15) is 4.79 Å². The molecule has 0 atom stereocenters. The maximum atomic E-state index is 13.7. The first-order valence-corrected chi connectivity index (χ1v) is 10.6. The minimum atomic E-state index is -0.198. The number of methoxy groups -OCH3 is 2. The second kappa shape index (κ2) is 8.73. The summed E-state index contributed by atoms with van der Waals surface area (Å²) in [6.07, 6.45) is 1.72. The van der Waals surface area contributed by atoms with Crippen LogP contribution in [0.3, 0.4) is 0 Å². The van der Waals surface area contributed by atoms with Crippen LogP contribution in [0.15, 0.2) is 54.7 Å². The van der Waals surface area contributed by atoms with Gasteiger partial charge in [0.05, 0.1) is 36.7 Å². The predicted molar refractivity (Wildman–Crippen MR) is 123 cm³/mol. The fourth-order valence-corrected chi connectivity index (χ4v) is 4.46. The summed E-state index contributed by atoms with van der Waals surface area (Å²) >= 11 is 1.51. The minimum absolute atomic E-state index is 0.198. The zero-order chi connectivity index (χ0) is 22.0. The molecule has 7 heteroatoms. The lowest BCUT2D eigenvalue weighted by Gasteiger charge is -2.20. The van der Waals surface area contributed by atoms with Crippen LogP contribution in [0.5, 0.6) is 11.5 Å². The Morgan fingerprint density at radius 1 is 1.03 bits per heavy atom. The van der Waals surface area contributed by atoms with Crippen molar-refractivity contribution in [3.8, 4) is 11.5 Å². The van der Waals surface area contributed by atoms with E-state index in [0.717, 1.165) is 27.0 Å². The number of fused-ring (bicyclic) bond motifs is 1. The molecule has 0 aliphatic carbocycles. The molecule has 0 fully saturated rings. The third-order valence-corrected chi connectivity index (χ3v) is 6.16. The van der Waals surface area contributed by atoms with E-state index >= 15 is 0 Å². The first-order chi connectivity index (χ1) is 15.0. The number of carbonyl (C=O) groups excluding carboxylic acids is 1. The molecule has 1 amide bonds. The van der Waals surface area contributed by atoms with Gasteiger partial charge in [-0.15, -0.1) is 0 Å². The lowest BCUT2D eigenvalue weighted by atomic mass is 10.1. The van der Waals surface area contributed by atoms with Crippen molar-refractivity contribution >= 4 is 32.6 Å². The van der Waals surface area contributed by atoms with Crippen LogP contribution in [0.25, 0.3) is 10.2 Å². The Labute approximate surface area is 185 Å². The molecular formula is C24H23N3O3S. The van der Waals surface area contributed by atoms with Gasteiger partial charge in [0.25, 0.3) is 5.91 Å². The first-order valence-electron chi connectivity index (χ1n) is 9.81. The highest BCUT2D eigenvalue weighted by atomic mass is 32.1. The average Bonchev–Trinajstić information content (AvgIpc) is 3.21. The second-order valence-corrected chi connectivity index (χ2v) is 8.22. The number of anilines is 1. The highest BCUT2D eigenvalue weighted by molar-refractivity contribution is 7.22. The standard InChI is InChI=1S/C24H23N3O3S/c1-15-9-16(2)22-21(10-15)26-24(31-22)27(14-18-7-5-6-8-25-18)23(28)17-11-19(29-3)13-20(12-17)30-4/h5-13H,14H2,1-4H3.